The number of carbonyl (C=O) groups is 2. The van der Waals surface area contributed by atoms with Gasteiger partial charge in [-0.1, -0.05) is 24.3 Å². The maximum absolute atomic E-state index is 11.6. The minimum atomic E-state index is -0.695. The summed E-state index contributed by atoms with van der Waals surface area (Å²) in [7, 11) is 3.99. The zero-order valence-electron chi connectivity index (χ0n) is 12.7. The van der Waals surface area contributed by atoms with Crippen LogP contribution in [0.4, 0.5) is 0 Å². The Balaban J connectivity index is 2.80. The van der Waals surface area contributed by atoms with Crippen LogP contribution in [0.2, 0.25) is 0 Å². The van der Waals surface area contributed by atoms with Gasteiger partial charge in [-0.15, -0.1) is 0 Å². The van der Waals surface area contributed by atoms with Gasteiger partial charge in [-0.2, -0.15) is 0 Å². The third-order valence-corrected chi connectivity index (χ3v) is 2.98. The van der Waals surface area contributed by atoms with Crippen molar-refractivity contribution in [1.82, 2.24) is 5.32 Å². The van der Waals surface area contributed by atoms with Crippen molar-refractivity contribution in [3.05, 3.63) is 29.8 Å². The molecule has 0 unspecified atom stereocenters. The number of hydrogen-bond acceptors (Lipinski definition) is 5. The molecule has 0 bridgehead atoms. The van der Waals surface area contributed by atoms with Gasteiger partial charge in [0.2, 0.25) is 5.91 Å². The van der Waals surface area contributed by atoms with Crippen LogP contribution in [0, 0.1) is 0 Å². The van der Waals surface area contributed by atoms with Crippen molar-refractivity contribution in [2.45, 2.75) is 19.4 Å². The van der Waals surface area contributed by atoms with E-state index in [-0.39, 0.29) is 5.91 Å². The molecule has 0 fully saturated rings. The molecule has 6 nitrogen and oxygen atoms in total. The third kappa shape index (κ3) is 5.20. The maximum Gasteiger partial charge on any atom is 0.493 e. The van der Waals surface area contributed by atoms with Crippen LogP contribution in [-0.2, 0) is 30.1 Å². The van der Waals surface area contributed by atoms with Gasteiger partial charge < -0.3 is 19.4 Å². The highest BCUT2D eigenvalue weighted by Gasteiger charge is 2.21. The Bertz CT molecular complexity index is 473. The number of nitrogens with one attached hydrogen (secondary N) is 1. The second kappa shape index (κ2) is 8.44. The van der Waals surface area contributed by atoms with Crippen LogP contribution >= 0.6 is 0 Å². The molecule has 0 aliphatic heterocycles. The van der Waals surface area contributed by atoms with Gasteiger partial charge in [0.05, 0.1) is 7.11 Å². The van der Waals surface area contributed by atoms with Crippen molar-refractivity contribution < 1.29 is 23.6 Å². The Kier molecular flexibility index (Phi) is 6.91. The van der Waals surface area contributed by atoms with E-state index in [1.54, 1.807) is 14.2 Å². The Hall–Kier alpha value is -1.86. The van der Waals surface area contributed by atoms with E-state index in [4.69, 9.17) is 9.31 Å². The second-order valence-electron chi connectivity index (χ2n) is 4.53. The standard InChI is InChI=1S/C14H20BNO5/c1-10(17)16-13(14(18)19-2)9-11-5-7-12(8-6-11)15(20-3)21-4/h5-8,13H,9H2,1-4H3,(H,16,17)/t13-/m1/s1. The largest absolute Gasteiger partial charge is 0.493 e. The molecule has 0 aromatic heterocycles. The molecule has 1 aromatic carbocycles. The molecule has 21 heavy (non-hydrogen) atoms. The van der Waals surface area contributed by atoms with Crippen LogP contribution in [0.3, 0.4) is 0 Å². The second-order valence-corrected chi connectivity index (χ2v) is 4.53. The molecule has 1 amide bonds. The first kappa shape index (κ1) is 17.2. The number of methoxy groups -OCH3 is 1. The molecule has 0 spiro atoms. The molecule has 0 saturated heterocycles. The topological polar surface area (TPSA) is 73.9 Å². The molecule has 0 aliphatic rings. The molecular formula is C14H20BNO5. The van der Waals surface area contributed by atoms with Gasteiger partial charge in [0.1, 0.15) is 6.04 Å². The van der Waals surface area contributed by atoms with E-state index in [0.717, 1.165) is 11.0 Å². The van der Waals surface area contributed by atoms with E-state index in [0.29, 0.717) is 6.42 Å². The summed E-state index contributed by atoms with van der Waals surface area (Å²) in [4.78, 5) is 22.8. The number of rotatable bonds is 7. The van der Waals surface area contributed by atoms with Gasteiger partial charge >= 0.3 is 13.1 Å². The average Bonchev–Trinajstić information content (AvgIpc) is 2.48. The molecule has 1 aromatic rings. The van der Waals surface area contributed by atoms with E-state index in [2.05, 4.69) is 10.1 Å². The lowest BCUT2D eigenvalue weighted by atomic mass is 9.78. The smallest absolute Gasteiger partial charge is 0.467 e. The highest BCUT2D eigenvalue weighted by atomic mass is 16.6. The predicted octanol–water partition coefficient (Wildman–Crippen LogP) is -0.105. The van der Waals surface area contributed by atoms with Gasteiger partial charge in [0.15, 0.2) is 0 Å². The Morgan fingerprint density at radius 1 is 1.14 bits per heavy atom. The lowest BCUT2D eigenvalue weighted by Crippen LogP contribution is -2.42. The van der Waals surface area contributed by atoms with Crippen molar-refractivity contribution in [2.24, 2.45) is 0 Å². The predicted molar refractivity (Wildman–Crippen MR) is 79.2 cm³/mol. The van der Waals surface area contributed by atoms with Crippen LogP contribution in [-0.4, -0.2) is 46.4 Å². The van der Waals surface area contributed by atoms with Gasteiger partial charge in [0.25, 0.3) is 0 Å². The monoisotopic (exact) mass is 293 g/mol. The van der Waals surface area contributed by atoms with Crippen molar-refractivity contribution >= 4 is 24.5 Å². The lowest BCUT2D eigenvalue weighted by molar-refractivity contribution is -0.144. The summed E-state index contributed by atoms with van der Waals surface area (Å²) in [6, 6.07) is 6.74. The molecule has 0 aliphatic carbocycles. The van der Waals surface area contributed by atoms with E-state index < -0.39 is 19.1 Å². The third-order valence-electron chi connectivity index (χ3n) is 2.98. The lowest BCUT2D eigenvalue weighted by Gasteiger charge is -2.16. The summed E-state index contributed by atoms with van der Waals surface area (Å²) < 4.78 is 15.0. The minimum Gasteiger partial charge on any atom is -0.467 e. The van der Waals surface area contributed by atoms with E-state index in [1.807, 2.05) is 24.3 Å². The van der Waals surface area contributed by atoms with Crippen LogP contribution in [0.5, 0.6) is 0 Å². The summed E-state index contributed by atoms with van der Waals surface area (Å²) in [5.74, 6) is -0.748. The van der Waals surface area contributed by atoms with Gasteiger partial charge in [-0.05, 0) is 11.0 Å². The Morgan fingerprint density at radius 3 is 2.14 bits per heavy atom. The number of esters is 1. The first-order chi connectivity index (χ1) is 10.0. The first-order valence-electron chi connectivity index (χ1n) is 6.51. The van der Waals surface area contributed by atoms with Crippen LogP contribution in [0.1, 0.15) is 12.5 Å². The van der Waals surface area contributed by atoms with Crippen molar-refractivity contribution in [2.75, 3.05) is 21.3 Å². The summed E-state index contributed by atoms with van der Waals surface area (Å²) in [6.07, 6.45) is 0.358. The van der Waals surface area contributed by atoms with Crippen molar-refractivity contribution in [3.63, 3.8) is 0 Å². The summed E-state index contributed by atoms with van der Waals surface area (Å²) in [5, 5.41) is 2.58. The molecule has 7 heteroatoms. The van der Waals surface area contributed by atoms with Gasteiger partial charge in [-0.25, -0.2) is 4.79 Å². The molecule has 0 saturated carbocycles. The highest BCUT2D eigenvalue weighted by Crippen LogP contribution is 2.05. The number of ether oxygens (including phenoxy) is 1. The zero-order valence-corrected chi connectivity index (χ0v) is 12.7. The average molecular weight is 293 g/mol. The summed E-state index contributed by atoms with van der Waals surface area (Å²) in [6.45, 7) is 1.36. The molecule has 1 N–H and O–H groups in total. The summed E-state index contributed by atoms with van der Waals surface area (Å²) >= 11 is 0. The van der Waals surface area contributed by atoms with E-state index in [1.165, 1.54) is 14.0 Å². The fourth-order valence-corrected chi connectivity index (χ4v) is 2.00. The van der Waals surface area contributed by atoms with Crippen LogP contribution in [0.25, 0.3) is 0 Å². The Labute approximate surface area is 124 Å². The van der Waals surface area contributed by atoms with E-state index >= 15 is 0 Å². The SMILES string of the molecule is COB(OC)c1ccc(C[C@@H](NC(C)=O)C(=O)OC)cc1. The number of amides is 1. The zero-order chi connectivity index (χ0) is 15.8. The fourth-order valence-electron chi connectivity index (χ4n) is 2.00. The first-order valence-corrected chi connectivity index (χ1v) is 6.51. The van der Waals surface area contributed by atoms with Gasteiger partial charge in [-0.3, -0.25) is 4.79 Å². The molecule has 1 atom stereocenters. The quantitative estimate of drug-likeness (QED) is 0.561. The molecule has 1 rings (SSSR count). The normalized spacial score (nSPS) is 11.6. The van der Waals surface area contributed by atoms with Crippen molar-refractivity contribution in [1.29, 1.82) is 0 Å². The maximum atomic E-state index is 11.6. The fraction of sp³-hybridized carbons (Fsp3) is 0.429. The minimum absolute atomic E-state index is 0.277. The van der Waals surface area contributed by atoms with Gasteiger partial charge in [0, 0.05) is 27.6 Å². The van der Waals surface area contributed by atoms with E-state index in [9.17, 15) is 9.59 Å². The van der Waals surface area contributed by atoms with Crippen LogP contribution < -0.4 is 10.8 Å². The number of hydrogen-bond donors (Lipinski definition) is 1. The highest BCUT2D eigenvalue weighted by molar-refractivity contribution is 6.61. The number of carbonyl (C=O) groups excluding carboxylic acids is 2. The Morgan fingerprint density at radius 2 is 1.71 bits per heavy atom. The molecular weight excluding hydrogens is 273 g/mol. The summed E-state index contributed by atoms with van der Waals surface area (Å²) in [5.41, 5.74) is 1.77. The van der Waals surface area contributed by atoms with Crippen molar-refractivity contribution in [3.8, 4) is 0 Å². The molecule has 0 heterocycles. The van der Waals surface area contributed by atoms with Crippen LogP contribution in [0.15, 0.2) is 24.3 Å². The number of benzene rings is 1. The molecule has 0 radical (unpaired) electrons. The molecule has 114 valence electrons.